The molecule has 1 heterocycles. The Morgan fingerprint density at radius 1 is 1.09 bits per heavy atom. The molecule has 0 aliphatic rings. The summed E-state index contributed by atoms with van der Waals surface area (Å²) in [6.45, 7) is 2.74. The summed E-state index contributed by atoms with van der Waals surface area (Å²) >= 11 is 0. The third kappa shape index (κ3) is 3.72. The Labute approximate surface area is 135 Å². The van der Waals surface area contributed by atoms with Crippen molar-refractivity contribution in [2.75, 3.05) is 5.32 Å². The van der Waals surface area contributed by atoms with Crippen LogP contribution in [0.25, 0.3) is 11.3 Å². The summed E-state index contributed by atoms with van der Waals surface area (Å²) in [6.07, 6.45) is 1.72. The molecule has 0 aliphatic carbocycles. The Hall–Kier alpha value is -3.19. The Morgan fingerprint density at radius 3 is 2.70 bits per heavy atom. The van der Waals surface area contributed by atoms with Crippen LogP contribution in [0.15, 0.2) is 60.8 Å². The fraction of sp³-hybridized carbons (Fsp3) is 0.105. The van der Waals surface area contributed by atoms with Crippen LogP contribution in [-0.2, 0) is 6.54 Å². The van der Waals surface area contributed by atoms with E-state index in [9.17, 15) is 0 Å². The van der Waals surface area contributed by atoms with Gasteiger partial charge in [0.25, 0.3) is 0 Å². The second-order valence-corrected chi connectivity index (χ2v) is 5.30. The maximum atomic E-state index is 9.00. The van der Waals surface area contributed by atoms with Crippen LogP contribution in [0.2, 0.25) is 0 Å². The van der Waals surface area contributed by atoms with Crippen molar-refractivity contribution < 1.29 is 0 Å². The van der Waals surface area contributed by atoms with E-state index in [1.807, 2.05) is 24.3 Å². The number of rotatable bonds is 4. The van der Waals surface area contributed by atoms with Gasteiger partial charge in [-0.15, -0.1) is 0 Å². The maximum Gasteiger partial charge on any atom is 0.223 e. The zero-order valence-electron chi connectivity index (χ0n) is 12.8. The number of nitrogens with one attached hydrogen (secondary N) is 1. The highest BCUT2D eigenvalue weighted by molar-refractivity contribution is 5.62. The molecule has 1 N–H and O–H groups in total. The molecule has 0 aliphatic heterocycles. The van der Waals surface area contributed by atoms with Crippen molar-refractivity contribution in [1.82, 2.24) is 9.97 Å². The molecule has 0 bridgehead atoms. The first kappa shape index (κ1) is 14.7. The molecule has 2 aromatic carbocycles. The molecule has 0 saturated heterocycles. The van der Waals surface area contributed by atoms with Crippen molar-refractivity contribution >= 4 is 5.95 Å². The number of nitrogens with zero attached hydrogens (tertiary/aromatic N) is 3. The predicted molar refractivity (Wildman–Crippen MR) is 90.7 cm³/mol. The normalized spacial score (nSPS) is 10.1. The molecule has 0 saturated carbocycles. The second kappa shape index (κ2) is 6.71. The van der Waals surface area contributed by atoms with Gasteiger partial charge in [-0.05, 0) is 30.7 Å². The van der Waals surface area contributed by atoms with E-state index in [2.05, 4.69) is 52.5 Å². The minimum atomic E-state index is 0.574. The van der Waals surface area contributed by atoms with Crippen LogP contribution in [0.1, 0.15) is 16.7 Å². The molecule has 0 unspecified atom stereocenters. The van der Waals surface area contributed by atoms with Crippen molar-refractivity contribution in [3.05, 3.63) is 77.5 Å². The van der Waals surface area contributed by atoms with E-state index in [0.29, 0.717) is 18.1 Å². The minimum absolute atomic E-state index is 0.574. The van der Waals surface area contributed by atoms with Gasteiger partial charge in [0.05, 0.1) is 17.3 Å². The SMILES string of the molecule is Cc1ccc(CNc2nccc(-c3cccc(C#N)c3)n2)cc1. The first-order valence-corrected chi connectivity index (χ1v) is 7.37. The number of aryl methyl sites for hydroxylation is 1. The van der Waals surface area contributed by atoms with Gasteiger partial charge >= 0.3 is 0 Å². The third-order valence-corrected chi connectivity index (χ3v) is 3.51. The molecule has 4 nitrogen and oxygen atoms in total. The summed E-state index contributed by atoms with van der Waals surface area (Å²) in [7, 11) is 0. The molecule has 3 aromatic rings. The molecule has 0 spiro atoms. The van der Waals surface area contributed by atoms with Crippen LogP contribution in [-0.4, -0.2) is 9.97 Å². The van der Waals surface area contributed by atoms with Gasteiger partial charge in [0.1, 0.15) is 0 Å². The van der Waals surface area contributed by atoms with Crippen molar-refractivity contribution in [3.63, 3.8) is 0 Å². The standard InChI is InChI=1S/C19H16N4/c1-14-5-7-15(8-6-14)13-22-19-21-10-9-18(23-19)17-4-2-3-16(11-17)12-20/h2-11H,13H2,1H3,(H,21,22,23). The van der Waals surface area contributed by atoms with Gasteiger partial charge in [-0.25, -0.2) is 9.97 Å². The van der Waals surface area contributed by atoms with Crippen molar-refractivity contribution in [1.29, 1.82) is 5.26 Å². The summed E-state index contributed by atoms with van der Waals surface area (Å²) < 4.78 is 0. The largest absolute Gasteiger partial charge is 0.350 e. The first-order chi connectivity index (χ1) is 11.2. The Balaban J connectivity index is 1.77. The number of hydrogen-bond donors (Lipinski definition) is 1. The maximum absolute atomic E-state index is 9.00. The summed E-state index contributed by atoms with van der Waals surface area (Å²) in [6, 6.07) is 19.7. The number of anilines is 1. The summed E-state index contributed by atoms with van der Waals surface area (Å²) in [5.74, 6) is 0.574. The predicted octanol–water partition coefficient (Wildman–Crippen LogP) is 3.94. The van der Waals surface area contributed by atoms with Gasteiger partial charge < -0.3 is 5.32 Å². The lowest BCUT2D eigenvalue weighted by atomic mass is 10.1. The lowest BCUT2D eigenvalue weighted by Gasteiger charge is -2.07. The van der Waals surface area contributed by atoms with Crippen molar-refractivity contribution in [2.24, 2.45) is 0 Å². The Bertz CT molecular complexity index is 848. The van der Waals surface area contributed by atoms with E-state index in [4.69, 9.17) is 5.26 Å². The van der Waals surface area contributed by atoms with Crippen LogP contribution in [0, 0.1) is 18.3 Å². The average Bonchev–Trinajstić information content (AvgIpc) is 2.61. The van der Waals surface area contributed by atoms with E-state index < -0.39 is 0 Å². The minimum Gasteiger partial charge on any atom is -0.350 e. The van der Waals surface area contributed by atoms with Gasteiger partial charge in [0, 0.05) is 18.3 Å². The molecule has 1 aromatic heterocycles. The highest BCUT2D eigenvalue weighted by Crippen LogP contribution is 2.19. The zero-order valence-corrected chi connectivity index (χ0v) is 12.8. The second-order valence-electron chi connectivity index (χ2n) is 5.30. The molecule has 23 heavy (non-hydrogen) atoms. The van der Waals surface area contributed by atoms with Gasteiger partial charge in [-0.1, -0.05) is 42.0 Å². The number of aromatic nitrogens is 2. The molecule has 0 radical (unpaired) electrons. The molecule has 112 valence electrons. The van der Waals surface area contributed by atoms with Crippen molar-refractivity contribution in [2.45, 2.75) is 13.5 Å². The van der Waals surface area contributed by atoms with Gasteiger partial charge in [-0.3, -0.25) is 0 Å². The molecular formula is C19H16N4. The number of nitriles is 1. The van der Waals surface area contributed by atoms with E-state index >= 15 is 0 Å². The van der Waals surface area contributed by atoms with E-state index in [-0.39, 0.29) is 0 Å². The van der Waals surface area contributed by atoms with E-state index in [1.54, 1.807) is 12.3 Å². The highest BCUT2D eigenvalue weighted by Gasteiger charge is 2.03. The first-order valence-electron chi connectivity index (χ1n) is 7.37. The third-order valence-electron chi connectivity index (χ3n) is 3.51. The summed E-state index contributed by atoms with van der Waals surface area (Å²) in [4.78, 5) is 8.77. The molecule has 3 rings (SSSR count). The molecule has 4 heteroatoms. The quantitative estimate of drug-likeness (QED) is 0.793. The topological polar surface area (TPSA) is 61.6 Å². The van der Waals surface area contributed by atoms with Crippen LogP contribution in [0.5, 0.6) is 0 Å². The average molecular weight is 300 g/mol. The zero-order chi connectivity index (χ0) is 16.1. The van der Waals surface area contributed by atoms with E-state index in [1.165, 1.54) is 11.1 Å². The fourth-order valence-electron chi connectivity index (χ4n) is 2.24. The van der Waals surface area contributed by atoms with Gasteiger partial charge in [0.2, 0.25) is 5.95 Å². The van der Waals surface area contributed by atoms with Gasteiger partial charge in [-0.2, -0.15) is 5.26 Å². The van der Waals surface area contributed by atoms with Crippen molar-refractivity contribution in [3.8, 4) is 17.3 Å². The molecular weight excluding hydrogens is 284 g/mol. The lowest BCUT2D eigenvalue weighted by Crippen LogP contribution is -2.03. The number of hydrogen-bond acceptors (Lipinski definition) is 4. The smallest absolute Gasteiger partial charge is 0.223 e. The number of benzene rings is 2. The fourth-order valence-corrected chi connectivity index (χ4v) is 2.24. The highest BCUT2D eigenvalue weighted by atomic mass is 15.1. The Morgan fingerprint density at radius 2 is 1.91 bits per heavy atom. The van der Waals surface area contributed by atoms with Crippen LogP contribution in [0.3, 0.4) is 0 Å². The van der Waals surface area contributed by atoms with Crippen LogP contribution >= 0.6 is 0 Å². The Kier molecular flexibility index (Phi) is 4.30. The van der Waals surface area contributed by atoms with Crippen LogP contribution < -0.4 is 5.32 Å². The molecule has 0 fully saturated rings. The molecule has 0 amide bonds. The van der Waals surface area contributed by atoms with E-state index in [0.717, 1.165) is 11.3 Å². The van der Waals surface area contributed by atoms with Crippen LogP contribution in [0.4, 0.5) is 5.95 Å². The summed E-state index contributed by atoms with van der Waals surface area (Å²) in [5, 5.41) is 12.2. The summed E-state index contributed by atoms with van der Waals surface area (Å²) in [5.41, 5.74) is 4.74. The monoisotopic (exact) mass is 300 g/mol. The van der Waals surface area contributed by atoms with Gasteiger partial charge in [0.15, 0.2) is 0 Å². The lowest BCUT2D eigenvalue weighted by molar-refractivity contribution is 1.05. The molecule has 0 atom stereocenters.